The number of aliphatic hydroxyl groups excluding tert-OH is 1. The minimum absolute atomic E-state index is 0.0654. The number of likely N-dealkylation sites (tertiary alicyclic amines) is 2. The summed E-state index contributed by atoms with van der Waals surface area (Å²) in [5, 5.41) is 12.9. The number of hydrogen-bond acceptors (Lipinski definition) is 3. The van der Waals surface area contributed by atoms with Crippen molar-refractivity contribution in [2.45, 2.75) is 51.3 Å². The van der Waals surface area contributed by atoms with Crippen molar-refractivity contribution in [1.29, 1.82) is 0 Å². The summed E-state index contributed by atoms with van der Waals surface area (Å²) in [6, 6.07) is 10.8. The van der Waals surface area contributed by atoms with Crippen LogP contribution in [-0.2, 0) is 6.54 Å². The molecule has 3 rings (SSSR count). The van der Waals surface area contributed by atoms with Crippen LogP contribution in [0.2, 0.25) is 0 Å². The number of benzene rings is 1. The zero-order valence-electron chi connectivity index (χ0n) is 15.2. The van der Waals surface area contributed by atoms with Crippen LogP contribution < -0.4 is 5.32 Å². The van der Waals surface area contributed by atoms with Gasteiger partial charge < -0.3 is 15.3 Å². The molecular formula is C20H31N3O2. The number of nitrogens with zero attached hydrogens (tertiary/aromatic N) is 2. The van der Waals surface area contributed by atoms with E-state index in [0.717, 1.165) is 58.4 Å². The number of nitrogens with one attached hydrogen (secondary N) is 1. The molecule has 2 fully saturated rings. The molecule has 2 heterocycles. The maximum Gasteiger partial charge on any atom is 0.317 e. The van der Waals surface area contributed by atoms with Crippen LogP contribution in [-0.4, -0.2) is 59.3 Å². The van der Waals surface area contributed by atoms with Gasteiger partial charge in [0.25, 0.3) is 0 Å². The summed E-state index contributed by atoms with van der Waals surface area (Å²) in [5.74, 6) is 0.333. The number of piperidine rings is 2. The standard InChI is InChI=1S/C20H31N3O2/c1-16(24)18-9-12-23(13-10-18)20(25)21-19-8-5-11-22(15-19)14-17-6-3-2-4-7-17/h2-4,6-7,16,18-19,24H,5,8-15H2,1H3,(H,21,25). The molecule has 2 N–H and O–H groups in total. The van der Waals surface area contributed by atoms with Gasteiger partial charge in [-0.25, -0.2) is 4.79 Å². The van der Waals surface area contributed by atoms with E-state index in [-0.39, 0.29) is 18.2 Å². The van der Waals surface area contributed by atoms with Gasteiger partial charge >= 0.3 is 6.03 Å². The van der Waals surface area contributed by atoms with Gasteiger partial charge in [0.15, 0.2) is 0 Å². The second-order valence-corrected chi connectivity index (χ2v) is 7.57. The molecule has 2 amide bonds. The van der Waals surface area contributed by atoms with Gasteiger partial charge in [0, 0.05) is 32.2 Å². The van der Waals surface area contributed by atoms with Crippen molar-refractivity contribution in [1.82, 2.24) is 15.1 Å². The van der Waals surface area contributed by atoms with Crippen LogP contribution in [0.4, 0.5) is 4.79 Å². The number of hydrogen-bond donors (Lipinski definition) is 2. The first-order valence-electron chi connectivity index (χ1n) is 9.61. The van der Waals surface area contributed by atoms with Gasteiger partial charge in [-0.05, 0) is 50.6 Å². The predicted octanol–water partition coefficient (Wildman–Crippen LogP) is 2.45. The maximum atomic E-state index is 12.5. The van der Waals surface area contributed by atoms with E-state index in [1.807, 2.05) is 17.9 Å². The fourth-order valence-corrected chi connectivity index (χ4v) is 4.01. The molecule has 2 unspecified atom stereocenters. The number of rotatable bonds is 4. The zero-order valence-corrected chi connectivity index (χ0v) is 15.2. The molecule has 0 aliphatic carbocycles. The summed E-state index contributed by atoms with van der Waals surface area (Å²) < 4.78 is 0. The highest BCUT2D eigenvalue weighted by Gasteiger charge is 2.28. The smallest absolute Gasteiger partial charge is 0.317 e. The predicted molar refractivity (Wildman–Crippen MR) is 99.3 cm³/mol. The Morgan fingerprint density at radius 2 is 1.92 bits per heavy atom. The van der Waals surface area contributed by atoms with Crippen molar-refractivity contribution >= 4 is 6.03 Å². The molecule has 0 bridgehead atoms. The fraction of sp³-hybridized carbons (Fsp3) is 0.650. The van der Waals surface area contributed by atoms with Crippen LogP contribution in [0.5, 0.6) is 0 Å². The zero-order chi connectivity index (χ0) is 17.6. The average Bonchev–Trinajstić information content (AvgIpc) is 2.63. The summed E-state index contributed by atoms with van der Waals surface area (Å²) >= 11 is 0. The molecule has 2 aliphatic heterocycles. The molecule has 2 saturated heterocycles. The van der Waals surface area contributed by atoms with E-state index in [1.54, 1.807) is 0 Å². The van der Waals surface area contributed by atoms with Crippen LogP contribution in [0.15, 0.2) is 30.3 Å². The molecule has 138 valence electrons. The van der Waals surface area contributed by atoms with Crippen molar-refractivity contribution in [3.05, 3.63) is 35.9 Å². The largest absolute Gasteiger partial charge is 0.393 e. The summed E-state index contributed by atoms with van der Waals surface area (Å²) in [6.07, 6.45) is 3.71. The van der Waals surface area contributed by atoms with Crippen LogP contribution in [0.3, 0.4) is 0 Å². The van der Waals surface area contributed by atoms with Crippen molar-refractivity contribution in [3.63, 3.8) is 0 Å². The monoisotopic (exact) mass is 345 g/mol. The molecule has 1 aromatic rings. The Bertz CT molecular complexity index is 541. The van der Waals surface area contributed by atoms with E-state index < -0.39 is 0 Å². The van der Waals surface area contributed by atoms with E-state index in [1.165, 1.54) is 5.56 Å². The second-order valence-electron chi connectivity index (χ2n) is 7.57. The fourth-order valence-electron chi connectivity index (χ4n) is 4.01. The lowest BCUT2D eigenvalue weighted by molar-refractivity contribution is 0.0782. The van der Waals surface area contributed by atoms with E-state index in [4.69, 9.17) is 0 Å². The Hall–Kier alpha value is -1.59. The van der Waals surface area contributed by atoms with Gasteiger partial charge in [-0.2, -0.15) is 0 Å². The highest BCUT2D eigenvalue weighted by molar-refractivity contribution is 5.74. The first-order chi connectivity index (χ1) is 12.1. The molecular weight excluding hydrogens is 314 g/mol. The third-order valence-electron chi connectivity index (χ3n) is 5.59. The number of carbonyl (C=O) groups excluding carboxylic acids is 1. The van der Waals surface area contributed by atoms with Crippen molar-refractivity contribution in [2.24, 2.45) is 5.92 Å². The van der Waals surface area contributed by atoms with Crippen molar-refractivity contribution < 1.29 is 9.90 Å². The Morgan fingerprint density at radius 3 is 2.60 bits per heavy atom. The van der Waals surface area contributed by atoms with Crippen LogP contribution in [0.1, 0.15) is 38.2 Å². The number of carbonyl (C=O) groups is 1. The quantitative estimate of drug-likeness (QED) is 0.881. The molecule has 0 saturated carbocycles. The van der Waals surface area contributed by atoms with E-state index in [9.17, 15) is 9.90 Å². The Balaban J connectivity index is 1.45. The van der Waals surface area contributed by atoms with Gasteiger partial charge in [0.2, 0.25) is 0 Å². The number of amides is 2. The highest BCUT2D eigenvalue weighted by Crippen LogP contribution is 2.21. The maximum absolute atomic E-state index is 12.5. The minimum atomic E-state index is -0.268. The van der Waals surface area contributed by atoms with E-state index in [2.05, 4.69) is 34.5 Å². The molecule has 5 heteroatoms. The van der Waals surface area contributed by atoms with Gasteiger partial charge in [-0.1, -0.05) is 30.3 Å². The lowest BCUT2D eigenvalue weighted by Crippen LogP contribution is -2.53. The molecule has 0 spiro atoms. The van der Waals surface area contributed by atoms with Gasteiger partial charge in [-0.3, -0.25) is 4.90 Å². The van der Waals surface area contributed by atoms with Crippen molar-refractivity contribution in [3.8, 4) is 0 Å². The van der Waals surface area contributed by atoms with Gasteiger partial charge in [0.05, 0.1) is 6.10 Å². The van der Waals surface area contributed by atoms with Gasteiger partial charge in [-0.15, -0.1) is 0 Å². The van der Waals surface area contributed by atoms with Crippen LogP contribution >= 0.6 is 0 Å². The molecule has 0 aromatic heterocycles. The normalized spacial score (nSPS) is 24.1. The van der Waals surface area contributed by atoms with Crippen LogP contribution in [0.25, 0.3) is 0 Å². The molecule has 2 atom stereocenters. The molecule has 1 aromatic carbocycles. The summed E-state index contributed by atoms with van der Waals surface area (Å²) in [5.41, 5.74) is 1.33. The van der Waals surface area contributed by atoms with Gasteiger partial charge in [0.1, 0.15) is 0 Å². The first kappa shape index (κ1) is 18.2. The molecule has 2 aliphatic rings. The lowest BCUT2D eigenvalue weighted by Gasteiger charge is -2.37. The molecule has 25 heavy (non-hydrogen) atoms. The summed E-state index contributed by atoms with van der Waals surface area (Å²) in [6.45, 7) is 6.33. The summed E-state index contributed by atoms with van der Waals surface area (Å²) in [7, 11) is 0. The third kappa shape index (κ3) is 5.19. The number of aliphatic hydroxyl groups is 1. The topological polar surface area (TPSA) is 55.8 Å². The lowest BCUT2D eigenvalue weighted by atomic mass is 9.92. The molecule has 0 radical (unpaired) electrons. The summed E-state index contributed by atoms with van der Waals surface area (Å²) in [4.78, 5) is 16.9. The average molecular weight is 345 g/mol. The SMILES string of the molecule is CC(O)C1CCN(C(=O)NC2CCCN(Cc3ccccc3)C2)CC1. The Labute approximate surface area is 151 Å². The highest BCUT2D eigenvalue weighted by atomic mass is 16.3. The Morgan fingerprint density at radius 1 is 1.20 bits per heavy atom. The van der Waals surface area contributed by atoms with Crippen LogP contribution in [0, 0.1) is 5.92 Å². The number of urea groups is 1. The first-order valence-corrected chi connectivity index (χ1v) is 9.61. The van der Waals surface area contributed by atoms with E-state index in [0.29, 0.717) is 5.92 Å². The minimum Gasteiger partial charge on any atom is -0.393 e. The molecule has 5 nitrogen and oxygen atoms in total. The second kappa shape index (κ2) is 8.68. The Kier molecular flexibility index (Phi) is 6.32. The third-order valence-corrected chi connectivity index (χ3v) is 5.59. The van der Waals surface area contributed by atoms with E-state index >= 15 is 0 Å². The van der Waals surface area contributed by atoms with Crippen molar-refractivity contribution in [2.75, 3.05) is 26.2 Å².